The minimum Gasteiger partial charge on any atom is -0.481 e. The molecule has 1 fully saturated rings. The molecule has 7 nitrogen and oxygen atoms in total. The van der Waals surface area contributed by atoms with Crippen molar-refractivity contribution in [3.8, 4) is 11.5 Å². The van der Waals surface area contributed by atoms with E-state index in [0.717, 1.165) is 18.9 Å². The summed E-state index contributed by atoms with van der Waals surface area (Å²) in [7, 11) is 0. The molecule has 1 saturated heterocycles. The van der Waals surface area contributed by atoms with Gasteiger partial charge >= 0.3 is 5.97 Å². The lowest BCUT2D eigenvalue weighted by molar-refractivity contribution is -0.139. The van der Waals surface area contributed by atoms with Gasteiger partial charge in [-0.25, -0.2) is 4.98 Å². The Balaban J connectivity index is 1.50. The highest BCUT2D eigenvalue weighted by atomic mass is 35.5. The first-order valence-electron chi connectivity index (χ1n) is 9.06. The maximum Gasteiger partial charge on any atom is 0.314 e. The van der Waals surface area contributed by atoms with Crippen molar-refractivity contribution in [2.75, 3.05) is 18.0 Å². The fourth-order valence-electron chi connectivity index (χ4n) is 2.95. The number of esters is 1. The Morgan fingerprint density at radius 3 is 2.36 bits per heavy atom. The third-order valence-electron chi connectivity index (χ3n) is 4.62. The van der Waals surface area contributed by atoms with Gasteiger partial charge < -0.3 is 20.1 Å². The number of nitrogens with two attached hydrogens (primary N) is 1. The SMILES string of the molecule is C[C@H](Oc1ccc(OC(=O)C2CCN(c3ccc(Cl)cn3)CC2)cc1)C(N)=O. The average Bonchev–Trinajstić information content (AvgIpc) is 2.70. The molecule has 0 spiro atoms. The molecule has 0 aliphatic carbocycles. The molecule has 0 unspecified atom stereocenters. The molecule has 1 aromatic heterocycles. The third-order valence-corrected chi connectivity index (χ3v) is 4.84. The molecule has 2 N–H and O–H groups in total. The second-order valence-electron chi connectivity index (χ2n) is 6.65. The summed E-state index contributed by atoms with van der Waals surface area (Å²) in [5.41, 5.74) is 5.17. The van der Waals surface area contributed by atoms with Crippen molar-refractivity contribution >= 4 is 29.3 Å². The first-order valence-corrected chi connectivity index (χ1v) is 9.44. The molecular weight excluding hydrogens is 382 g/mol. The normalized spacial score (nSPS) is 15.7. The summed E-state index contributed by atoms with van der Waals surface area (Å²) in [4.78, 5) is 29.9. The lowest BCUT2D eigenvalue weighted by Gasteiger charge is -2.31. The maximum absolute atomic E-state index is 12.4. The minimum atomic E-state index is -0.728. The number of anilines is 1. The van der Waals surface area contributed by atoms with Crippen LogP contribution in [0.25, 0.3) is 0 Å². The second kappa shape index (κ2) is 8.93. The first-order chi connectivity index (χ1) is 13.4. The third kappa shape index (κ3) is 5.13. The second-order valence-corrected chi connectivity index (χ2v) is 7.09. The van der Waals surface area contributed by atoms with Crippen molar-refractivity contribution in [1.82, 2.24) is 4.98 Å². The number of amides is 1. The van der Waals surface area contributed by atoms with E-state index in [1.165, 1.54) is 0 Å². The number of benzene rings is 1. The predicted octanol–water partition coefficient (Wildman–Crippen LogP) is 2.81. The van der Waals surface area contributed by atoms with Crippen LogP contribution in [-0.4, -0.2) is 36.1 Å². The molecule has 1 amide bonds. The van der Waals surface area contributed by atoms with Crippen LogP contribution in [0.1, 0.15) is 19.8 Å². The van der Waals surface area contributed by atoms with E-state index in [1.807, 2.05) is 12.1 Å². The monoisotopic (exact) mass is 403 g/mol. The van der Waals surface area contributed by atoms with Gasteiger partial charge in [-0.15, -0.1) is 0 Å². The van der Waals surface area contributed by atoms with E-state index >= 15 is 0 Å². The molecule has 1 aliphatic rings. The molecular formula is C20H22ClN3O4. The molecule has 28 heavy (non-hydrogen) atoms. The van der Waals surface area contributed by atoms with Crippen LogP contribution >= 0.6 is 11.6 Å². The number of primary amides is 1. The van der Waals surface area contributed by atoms with Crippen molar-refractivity contribution in [1.29, 1.82) is 0 Å². The van der Waals surface area contributed by atoms with Crippen molar-refractivity contribution in [2.24, 2.45) is 11.7 Å². The number of halogens is 1. The number of piperidine rings is 1. The zero-order valence-electron chi connectivity index (χ0n) is 15.5. The predicted molar refractivity (Wildman–Crippen MR) is 106 cm³/mol. The summed E-state index contributed by atoms with van der Waals surface area (Å²) >= 11 is 5.87. The molecule has 2 heterocycles. The summed E-state index contributed by atoms with van der Waals surface area (Å²) in [6, 6.07) is 10.2. The lowest BCUT2D eigenvalue weighted by Crippen LogP contribution is -2.38. The highest BCUT2D eigenvalue weighted by Crippen LogP contribution is 2.25. The van der Waals surface area contributed by atoms with Gasteiger partial charge in [-0.1, -0.05) is 11.6 Å². The summed E-state index contributed by atoms with van der Waals surface area (Å²) in [6.07, 6.45) is 2.28. The Morgan fingerprint density at radius 2 is 1.79 bits per heavy atom. The summed E-state index contributed by atoms with van der Waals surface area (Å²) < 4.78 is 10.9. The fraction of sp³-hybridized carbons (Fsp3) is 0.350. The van der Waals surface area contributed by atoms with E-state index in [4.69, 9.17) is 26.8 Å². The van der Waals surface area contributed by atoms with E-state index in [0.29, 0.717) is 29.4 Å². The van der Waals surface area contributed by atoms with Crippen LogP contribution in [0.2, 0.25) is 5.02 Å². The number of carbonyl (C=O) groups is 2. The van der Waals surface area contributed by atoms with Crippen LogP contribution < -0.4 is 20.1 Å². The van der Waals surface area contributed by atoms with E-state index in [1.54, 1.807) is 37.4 Å². The van der Waals surface area contributed by atoms with E-state index in [-0.39, 0.29) is 11.9 Å². The number of nitrogens with zero attached hydrogens (tertiary/aromatic N) is 2. The van der Waals surface area contributed by atoms with Gasteiger partial charge in [0.25, 0.3) is 5.91 Å². The number of ether oxygens (including phenoxy) is 2. The van der Waals surface area contributed by atoms with Gasteiger partial charge in [0, 0.05) is 19.3 Å². The van der Waals surface area contributed by atoms with Crippen molar-refractivity contribution in [3.05, 3.63) is 47.6 Å². The lowest BCUT2D eigenvalue weighted by atomic mass is 9.97. The maximum atomic E-state index is 12.4. The van der Waals surface area contributed by atoms with Gasteiger partial charge in [0.15, 0.2) is 6.10 Å². The topological polar surface area (TPSA) is 94.8 Å². The molecule has 2 aromatic rings. The van der Waals surface area contributed by atoms with E-state index in [2.05, 4.69) is 9.88 Å². The van der Waals surface area contributed by atoms with Gasteiger partial charge in [0.1, 0.15) is 17.3 Å². The molecule has 1 atom stereocenters. The zero-order valence-corrected chi connectivity index (χ0v) is 16.3. The Bertz CT molecular complexity index is 818. The highest BCUT2D eigenvalue weighted by molar-refractivity contribution is 6.30. The average molecular weight is 404 g/mol. The number of hydrogen-bond acceptors (Lipinski definition) is 6. The first kappa shape index (κ1) is 19.9. The van der Waals surface area contributed by atoms with Crippen molar-refractivity contribution in [2.45, 2.75) is 25.9 Å². The quantitative estimate of drug-likeness (QED) is 0.588. The van der Waals surface area contributed by atoms with Crippen molar-refractivity contribution < 1.29 is 19.1 Å². The molecule has 0 bridgehead atoms. The van der Waals surface area contributed by atoms with Crippen molar-refractivity contribution in [3.63, 3.8) is 0 Å². The number of carbonyl (C=O) groups excluding carboxylic acids is 2. The largest absolute Gasteiger partial charge is 0.481 e. The van der Waals surface area contributed by atoms with Crippen LogP contribution in [0.4, 0.5) is 5.82 Å². The molecule has 8 heteroatoms. The van der Waals surface area contributed by atoms with Gasteiger partial charge in [0.2, 0.25) is 0 Å². The molecule has 0 saturated carbocycles. The molecule has 148 valence electrons. The Kier molecular flexibility index (Phi) is 6.36. The van der Waals surface area contributed by atoms with Gasteiger partial charge in [-0.05, 0) is 56.2 Å². The molecule has 3 rings (SSSR count). The van der Waals surface area contributed by atoms with Gasteiger partial charge in [-0.2, -0.15) is 0 Å². The number of rotatable bonds is 6. The van der Waals surface area contributed by atoms with Crippen LogP contribution in [0.15, 0.2) is 42.6 Å². The Labute approximate surface area is 168 Å². The minimum absolute atomic E-state index is 0.158. The standard InChI is InChI=1S/C20H22ClN3O4/c1-13(19(22)25)27-16-3-5-17(6-4-16)28-20(26)14-8-10-24(11-9-14)18-7-2-15(21)12-23-18/h2-7,12-14H,8-11H2,1H3,(H2,22,25)/t13-/m0/s1. The Morgan fingerprint density at radius 1 is 1.14 bits per heavy atom. The number of aromatic nitrogens is 1. The highest BCUT2D eigenvalue weighted by Gasteiger charge is 2.27. The van der Waals surface area contributed by atoms with Gasteiger partial charge in [-0.3, -0.25) is 9.59 Å². The Hall–Kier alpha value is -2.80. The summed E-state index contributed by atoms with van der Waals surface area (Å²) in [5.74, 6) is 0.825. The van der Waals surface area contributed by atoms with Crippen LogP contribution in [0, 0.1) is 5.92 Å². The molecule has 0 radical (unpaired) electrons. The smallest absolute Gasteiger partial charge is 0.314 e. The molecule has 1 aromatic carbocycles. The fourth-order valence-corrected chi connectivity index (χ4v) is 3.06. The van der Waals surface area contributed by atoms with Gasteiger partial charge in [0.05, 0.1) is 10.9 Å². The zero-order chi connectivity index (χ0) is 20.1. The summed E-state index contributed by atoms with van der Waals surface area (Å²) in [5, 5.41) is 0.600. The van der Waals surface area contributed by atoms with Crippen LogP contribution in [0.3, 0.4) is 0 Å². The van der Waals surface area contributed by atoms with Crippen LogP contribution in [0.5, 0.6) is 11.5 Å². The summed E-state index contributed by atoms with van der Waals surface area (Å²) in [6.45, 7) is 3.03. The molecule has 1 aliphatic heterocycles. The van der Waals surface area contributed by atoms with Crippen LogP contribution in [-0.2, 0) is 9.59 Å². The van der Waals surface area contributed by atoms with E-state index in [9.17, 15) is 9.59 Å². The number of pyridine rings is 1. The number of hydrogen-bond donors (Lipinski definition) is 1. The van der Waals surface area contributed by atoms with E-state index < -0.39 is 12.0 Å².